The summed E-state index contributed by atoms with van der Waals surface area (Å²) in [5.74, 6) is 0.00825. The van der Waals surface area contributed by atoms with Gasteiger partial charge in [0.05, 0.1) is 11.1 Å². The molecule has 5 heteroatoms. The molecule has 0 spiro atoms. The molecule has 2 heterocycles. The minimum absolute atomic E-state index is 0.00825. The molecule has 0 bridgehead atoms. The lowest BCUT2D eigenvalue weighted by Crippen LogP contribution is -2.44. The van der Waals surface area contributed by atoms with Crippen molar-refractivity contribution in [1.29, 1.82) is 0 Å². The molecule has 154 valence electrons. The molecule has 1 N–H and O–H groups in total. The second-order valence-corrected chi connectivity index (χ2v) is 8.71. The van der Waals surface area contributed by atoms with Crippen molar-refractivity contribution in [3.05, 3.63) is 71.4 Å². The zero-order chi connectivity index (χ0) is 20.7. The molecule has 2 aromatic carbocycles. The van der Waals surface area contributed by atoms with Gasteiger partial charge in [-0.2, -0.15) is 0 Å². The van der Waals surface area contributed by atoms with E-state index in [-0.39, 0.29) is 11.4 Å². The van der Waals surface area contributed by atoms with Gasteiger partial charge in [0, 0.05) is 54.6 Å². The van der Waals surface area contributed by atoms with Gasteiger partial charge in [0.15, 0.2) is 0 Å². The largest absolute Gasteiger partial charge is 0.369 e. The monoisotopic (exact) mass is 400 g/mol. The molecule has 5 rings (SSSR count). The SMILES string of the molecule is Cc1ccc(N2CCN(C)CC2)cc1C(=O)NC1(c2cccc3cccnc23)CC1. The molecule has 2 fully saturated rings. The minimum atomic E-state index is -0.304. The molecule has 0 radical (unpaired) electrons. The van der Waals surface area contributed by atoms with Crippen molar-refractivity contribution in [2.45, 2.75) is 25.3 Å². The van der Waals surface area contributed by atoms with E-state index >= 15 is 0 Å². The summed E-state index contributed by atoms with van der Waals surface area (Å²) in [5.41, 5.74) is 4.72. The molecule has 1 aliphatic heterocycles. The Morgan fingerprint density at radius 1 is 1.03 bits per heavy atom. The lowest BCUT2D eigenvalue weighted by molar-refractivity contribution is 0.0930. The predicted octanol–water partition coefficient (Wildman–Crippen LogP) is 3.71. The third kappa shape index (κ3) is 3.43. The van der Waals surface area contributed by atoms with Gasteiger partial charge in [0.2, 0.25) is 0 Å². The molecule has 1 saturated heterocycles. The molecule has 5 nitrogen and oxygen atoms in total. The fraction of sp³-hybridized carbons (Fsp3) is 0.360. The summed E-state index contributed by atoms with van der Waals surface area (Å²) in [6, 6.07) is 16.5. The van der Waals surface area contributed by atoms with Crippen LogP contribution in [0.15, 0.2) is 54.7 Å². The molecule has 0 unspecified atom stereocenters. The smallest absolute Gasteiger partial charge is 0.252 e. The lowest BCUT2D eigenvalue weighted by atomic mass is 9.99. The van der Waals surface area contributed by atoms with Crippen LogP contribution in [0.3, 0.4) is 0 Å². The molecule has 30 heavy (non-hydrogen) atoms. The average Bonchev–Trinajstić information content (AvgIpc) is 3.54. The van der Waals surface area contributed by atoms with Gasteiger partial charge >= 0.3 is 0 Å². The van der Waals surface area contributed by atoms with Crippen LogP contribution in [0.25, 0.3) is 10.9 Å². The average molecular weight is 401 g/mol. The maximum atomic E-state index is 13.4. The standard InChI is InChI=1S/C25H28N4O/c1-18-8-9-20(29-15-13-28(2)14-16-29)17-21(18)24(30)27-25(10-11-25)22-7-3-5-19-6-4-12-26-23(19)22/h3-9,12,17H,10-11,13-16H2,1-2H3,(H,27,30). The maximum absolute atomic E-state index is 13.4. The van der Waals surface area contributed by atoms with Gasteiger partial charge in [0.25, 0.3) is 5.91 Å². The van der Waals surface area contributed by atoms with Crippen molar-refractivity contribution in [3.8, 4) is 0 Å². The van der Waals surface area contributed by atoms with Crippen molar-refractivity contribution in [2.75, 3.05) is 38.1 Å². The molecular formula is C25H28N4O. The quantitative estimate of drug-likeness (QED) is 0.725. The Hall–Kier alpha value is -2.92. The number of piperazine rings is 1. The second-order valence-electron chi connectivity index (χ2n) is 8.71. The Balaban J connectivity index is 1.42. The van der Waals surface area contributed by atoms with Crippen molar-refractivity contribution < 1.29 is 4.79 Å². The molecular weight excluding hydrogens is 372 g/mol. The Morgan fingerprint density at radius 2 is 1.80 bits per heavy atom. The van der Waals surface area contributed by atoms with Crippen molar-refractivity contribution in [3.63, 3.8) is 0 Å². The number of nitrogens with one attached hydrogen (secondary N) is 1. The minimum Gasteiger partial charge on any atom is -0.369 e. The van der Waals surface area contributed by atoms with Crippen molar-refractivity contribution in [2.24, 2.45) is 0 Å². The van der Waals surface area contributed by atoms with E-state index in [1.54, 1.807) is 0 Å². The number of carbonyl (C=O) groups excluding carboxylic acids is 1. The fourth-order valence-electron chi connectivity index (χ4n) is 4.48. The molecule has 1 aromatic heterocycles. The number of hydrogen-bond donors (Lipinski definition) is 1. The van der Waals surface area contributed by atoms with E-state index in [1.807, 2.05) is 19.2 Å². The Kier molecular flexibility index (Phi) is 4.70. The number of carbonyl (C=O) groups is 1. The summed E-state index contributed by atoms with van der Waals surface area (Å²) < 4.78 is 0. The number of rotatable bonds is 4. The zero-order valence-corrected chi connectivity index (χ0v) is 17.7. The van der Waals surface area contributed by atoms with Gasteiger partial charge in [-0.3, -0.25) is 9.78 Å². The van der Waals surface area contributed by atoms with E-state index in [4.69, 9.17) is 0 Å². The summed E-state index contributed by atoms with van der Waals surface area (Å²) in [6.45, 7) is 6.10. The van der Waals surface area contributed by atoms with Crippen LogP contribution < -0.4 is 10.2 Å². The Labute approximate surface area is 177 Å². The number of anilines is 1. The first-order valence-corrected chi connectivity index (χ1v) is 10.8. The van der Waals surface area contributed by atoms with Gasteiger partial charge in [-0.25, -0.2) is 0 Å². The van der Waals surface area contributed by atoms with E-state index in [1.165, 1.54) is 0 Å². The number of fused-ring (bicyclic) bond motifs is 1. The van der Waals surface area contributed by atoms with Crippen LogP contribution >= 0.6 is 0 Å². The van der Waals surface area contributed by atoms with Crippen LogP contribution in [-0.2, 0) is 5.54 Å². The number of aryl methyl sites for hydroxylation is 1. The molecule has 1 amide bonds. The van der Waals surface area contributed by atoms with Crippen LogP contribution in [0.5, 0.6) is 0 Å². The van der Waals surface area contributed by atoms with E-state index in [2.05, 4.69) is 69.6 Å². The topological polar surface area (TPSA) is 48.5 Å². The number of hydrogen-bond acceptors (Lipinski definition) is 4. The summed E-state index contributed by atoms with van der Waals surface area (Å²) in [4.78, 5) is 22.7. The molecule has 3 aromatic rings. The van der Waals surface area contributed by atoms with Gasteiger partial charge in [-0.05, 0) is 50.6 Å². The van der Waals surface area contributed by atoms with Crippen molar-refractivity contribution >= 4 is 22.5 Å². The highest BCUT2D eigenvalue weighted by Gasteiger charge is 2.47. The first kappa shape index (κ1) is 19.1. The number of pyridine rings is 1. The van der Waals surface area contributed by atoms with Crippen LogP contribution in [0.4, 0.5) is 5.69 Å². The van der Waals surface area contributed by atoms with Crippen LogP contribution in [0.2, 0.25) is 0 Å². The normalized spacial score (nSPS) is 18.4. The number of para-hydroxylation sites is 1. The summed E-state index contributed by atoms with van der Waals surface area (Å²) in [5, 5.41) is 4.48. The highest BCUT2D eigenvalue weighted by Crippen LogP contribution is 2.47. The second kappa shape index (κ2) is 7.40. The predicted molar refractivity (Wildman–Crippen MR) is 121 cm³/mol. The van der Waals surface area contributed by atoms with Gasteiger partial charge in [-0.15, -0.1) is 0 Å². The van der Waals surface area contributed by atoms with Gasteiger partial charge in [0.1, 0.15) is 0 Å². The number of nitrogens with zero attached hydrogens (tertiary/aromatic N) is 3. The first-order valence-electron chi connectivity index (χ1n) is 10.8. The summed E-state index contributed by atoms with van der Waals surface area (Å²) >= 11 is 0. The zero-order valence-electron chi connectivity index (χ0n) is 17.7. The Bertz CT molecular complexity index is 1090. The van der Waals surface area contributed by atoms with Gasteiger partial charge in [-0.1, -0.05) is 30.3 Å². The van der Waals surface area contributed by atoms with E-state index in [0.717, 1.165) is 72.3 Å². The van der Waals surface area contributed by atoms with Crippen LogP contribution in [0.1, 0.15) is 34.3 Å². The maximum Gasteiger partial charge on any atom is 0.252 e. The van der Waals surface area contributed by atoms with Crippen LogP contribution in [0, 0.1) is 6.92 Å². The third-order valence-corrected chi connectivity index (χ3v) is 6.59. The summed E-state index contributed by atoms with van der Waals surface area (Å²) in [7, 11) is 2.16. The van der Waals surface area contributed by atoms with E-state index < -0.39 is 0 Å². The first-order chi connectivity index (χ1) is 14.6. The van der Waals surface area contributed by atoms with E-state index in [0.29, 0.717) is 0 Å². The molecule has 0 atom stereocenters. The molecule has 2 aliphatic rings. The third-order valence-electron chi connectivity index (χ3n) is 6.59. The van der Waals surface area contributed by atoms with Crippen LogP contribution in [-0.4, -0.2) is 49.0 Å². The highest BCUT2D eigenvalue weighted by molar-refractivity contribution is 5.98. The Morgan fingerprint density at radius 3 is 2.57 bits per heavy atom. The lowest BCUT2D eigenvalue weighted by Gasteiger charge is -2.34. The molecule has 1 aliphatic carbocycles. The van der Waals surface area contributed by atoms with E-state index in [9.17, 15) is 4.79 Å². The van der Waals surface area contributed by atoms with Gasteiger partial charge < -0.3 is 15.1 Å². The van der Waals surface area contributed by atoms with Crippen molar-refractivity contribution in [1.82, 2.24) is 15.2 Å². The highest BCUT2D eigenvalue weighted by atomic mass is 16.1. The molecule has 1 saturated carbocycles. The fourth-order valence-corrected chi connectivity index (χ4v) is 4.48. The number of amides is 1. The number of aromatic nitrogens is 1. The summed E-state index contributed by atoms with van der Waals surface area (Å²) in [6.07, 6.45) is 3.73. The number of benzene rings is 2. The number of likely N-dealkylation sites (N-methyl/N-ethyl adjacent to an activating group) is 1.